The fourth-order valence-corrected chi connectivity index (χ4v) is 3.76. The molecule has 1 saturated heterocycles. The van der Waals surface area contributed by atoms with Crippen LogP contribution < -0.4 is 10.5 Å². The highest BCUT2D eigenvalue weighted by atomic mass is 32.2. The van der Waals surface area contributed by atoms with Gasteiger partial charge in [0, 0.05) is 6.42 Å². The number of hydrogen-bond donors (Lipinski definition) is 1. The molecule has 1 atom stereocenters. The number of thioether (sulfide) groups is 1. The van der Waals surface area contributed by atoms with Crippen LogP contribution in [-0.4, -0.2) is 34.2 Å². The highest BCUT2D eigenvalue weighted by Crippen LogP contribution is 2.33. The van der Waals surface area contributed by atoms with Gasteiger partial charge in [-0.05, 0) is 42.0 Å². The number of amidine groups is 1. The van der Waals surface area contributed by atoms with Crippen molar-refractivity contribution in [2.24, 2.45) is 10.7 Å². The number of methoxy groups -OCH3 is 1. The van der Waals surface area contributed by atoms with E-state index in [1.165, 1.54) is 28.8 Å². The number of amides is 2. The molecule has 6 nitrogen and oxygen atoms in total. The summed E-state index contributed by atoms with van der Waals surface area (Å²) in [5.41, 5.74) is 6.67. The zero-order valence-corrected chi connectivity index (χ0v) is 15.4. The van der Waals surface area contributed by atoms with Crippen LogP contribution in [0, 0.1) is 5.82 Å². The number of benzene rings is 2. The predicted molar refractivity (Wildman–Crippen MR) is 102 cm³/mol. The second kappa shape index (κ2) is 8.22. The van der Waals surface area contributed by atoms with Crippen LogP contribution in [-0.2, 0) is 16.1 Å². The number of halogens is 1. The highest BCUT2D eigenvalue weighted by molar-refractivity contribution is 8.15. The van der Waals surface area contributed by atoms with Crippen LogP contribution in [0.2, 0.25) is 0 Å². The third kappa shape index (κ3) is 4.65. The minimum absolute atomic E-state index is 0.0644. The van der Waals surface area contributed by atoms with Crippen LogP contribution in [0.15, 0.2) is 53.5 Å². The van der Waals surface area contributed by atoms with Gasteiger partial charge in [0.15, 0.2) is 5.17 Å². The van der Waals surface area contributed by atoms with E-state index in [2.05, 4.69) is 4.99 Å². The molecule has 0 unspecified atom stereocenters. The van der Waals surface area contributed by atoms with E-state index >= 15 is 0 Å². The molecule has 27 heavy (non-hydrogen) atoms. The Morgan fingerprint density at radius 2 is 1.89 bits per heavy atom. The molecule has 1 aliphatic heterocycles. The van der Waals surface area contributed by atoms with Gasteiger partial charge in [-0.15, -0.1) is 0 Å². The molecule has 2 N–H and O–H groups in total. The van der Waals surface area contributed by atoms with E-state index in [-0.39, 0.29) is 24.7 Å². The lowest BCUT2D eigenvalue weighted by atomic mass is 10.2. The van der Waals surface area contributed by atoms with Gasteiger partial charge >= 0.3 is 0 Å². The van der Waals surface area contributed by atoms with Crippen LogP contribution in [0.4, 0.5) is 10.1 Å². The average Bonchev–Trinajstić information content (AvgIpc) is 2.92. The van der Waals surface area contributed by atoms with E-state index in [1.54, 1.807) is 43.5 Å². The summed E-state index contributed by atoms with van der Waals surface area (Å²) in [6.07, 6.45) is -0.0644. The number of carbonyl (C=O) groups excluding carboxylic acids is 2. The van der Waals surface area contributed by atoms with Gasteiger partial charge in [-0.25, -0.2) is 9.38 Å². The first kappa shape index (κ1) is 18.9. The Morgan fingerprint density at radius 1 is 1.22 bits per heavy atom. The van der Waals surface area contributed by atoms with Crippen LogP contribution in [0.1, 0.15) is 12.0 Å². The van der Waals surface area contributed by atoms with Crippen molar-refractivity contribution in [2.75, 3.05) is 7.11 Å². The number of ether oxygens (including phenoxy) is 1. The number of primary amides is 1. The van der Waals surface area contributed by atoms with E-state index < -0.39 is 11.2 Å². The first-order valence-corrected chi connectivity index (χ1v) is 9.08. The van der Waals surface area contributed by atoms with E-state index in [0.717, 1.165) is 5.56 Å². The van der Waals surface area contributed by atoms with Gasteiger partial charge in [-0.1, -0.05) is 23.9 Å². The molecule has 0 spiro atoms. The van der Waals surface area contributed by atoms with Crippen molar-refractivity contribution < 1.29 is 18.7 Å². The second-order valence-electron chi connectivity index (χ2n) is 5.92. The summed E-state index contributed by atoms with van der Waals surface area (Å²) < 4.78 is 18.3. The van der Waals surface area contributed by atoms with E-state index in [0.29, 0.717) is 16.6 Å². The van der Waals surface area contributed by atoms with E-state index in [1.807, 2.05) is 0 Å². The van der Waals surface area contributed by atoms with Crippen LogP contribution in [0.3, 0.4) is 0 Å². The third-order valence-corrected chi connectivity index (χ3v) is 5.13. The SMILES string of the molecule is COc1ccc(N=C2S[C@H](CC(N)=O)C(=O)N2Cc2ccc(F)cc2)cc1. The van der Waals surface area contributed by atoms with Crippen LogP contribution in [0.25, 0.3) is 0 Å². The lowest BCUT2D eigenvalue weighted by Crippen LogP contribution is -2.33. The van der Waals surface area contributed by atoms with Gasteiger partial charge in [0.05, 0.1) is 19.3 Å². The fraction of sp³-hybridized carbons (Fsp3) is 0.211. The molecule has 3 rings (SSSR count). The van der Waals surface area contributed by atoms with E-state index in [9.17, 15) is 14.0 Å². The Kier molecular flexibility index (Phi) is 5.75. The first-order chi connectivity index (χ1) is 13.0. The lowest BCUT2D eigenvalue weighted by molar-refractivity contribution is -0.128. The standard InChI is InChI=1S/C19H18FN3O3S/c1-26-15-8-6-14(7-9-15)22-19-23(11-12-2-4-13(20)5-3-12)18(25)16(27-19)10-17(21)24/h2-9,16H,10-11H2,1H3,(H2,21,24)/t16-/m1/s1. The van der Waals surface area contributed by atoms with Crippen molar-refractivity contribution in [1.82, 2.24) is 4.90 Å². The van der Waals surface area contributed by atoms with Crippen molar-refractivity contribution in [1.29, 1.82) is 0 Å². The largest absolute Gasteiger partial charge is 0.497 e. The summed E-state index contributed by atoms with van der Waals surface area (Å²) in [5.74, 6) is -0.438. The molecule has 0 bridgehead atoms. The normalized spacial score (nSPS) is 18.1. The molecule has 2 amide bonds. The molecule has 1 fully saturated rings. The second-order valence-corrected chi connectivity index (χ2v) is 7.09. The van der Waals surface area contributed by atoms with Crippen LogP contribution in [0.5, 0.6) is 5.75 Å². The molecule has 2 aromatic rings. The Hall–Kier alpha value is -2.87. The molecule has 8 heteroatoms. The molecular weight excluding hydrogens is 369 g/mol. The first-order valence-electron chi connectivity index (χ1n) is 8.20. The minimum atomic E-state index is -0.611. The predicted octanol–water partition coefficient (Wildman–Crippen LogP) is 2.84. The van der Waals surface area contributed by atoms with Crippen LogP contribution >= 0.6 is 11.8 Å². The van der Waals surface area contributed by atoms with Gasteiger partial charge in [0.2, 0.25) is 11.8 Å². The molecule has 0 saturated carbocycles. The Labute approximate surface area is 160 Å². The Morgan fingerprint density at radius 3 is 2.48 bits per heavy atom. The molecule has 1 aliphatic rings. The molecule has 0 radical (unpaired) electrons. The van der Waals surface area contributed by atoms with Crippen molar-refractivity contribution in [3.05, 3.63) is 59.9 Å². The number of carbonyl (C=O) groups is 2. The minimum Gasteiger partial charge on any atom is -0.497 e. The summed E-state index contributed by atoms with van der Waals surface area (Å²) >= 11 is 1.20. The molecule has 0 aliphatic carbocycles. The smallest absolute Gasteiger partial charge is 0.242 e. The summed E-state index contributed by atoms with van der Waals surface area (Å²) in [7, 11) is 1.57. The fourth-order valence-electron chi connectivity index (χ4n) is 2.59. The molecule has 1 heterocycles. The monoisotopic (exact) mass is 387 g/mol. The third-order valence-electron chi connectivity index (χ3n) is 3.96. The molecule has 2 aromatic carbocycles. The number of aliphatic imine (C=N–C) groups is 1. The van der Waals surface area contributed by atoms with Gasteiger partial charge in [-0.2, -0.15) is 0 Å². The molecule has 140 valence electrons. The van der Waals surface area contributed by atoms with Gasteiger partial charge in [0.1, 0.15) is 16.8 Å². The zero-order chi connectivity index (χ0) is 19.4. The maximum atomic E-state index is 13.1. The molecule has 0 aromatic heterocycles. The number of nitrogens with zero attached hydrogens (tertiary/aromatic N) is 2. The summed E-state index contributed by atoms with van der Waals surface area (Å²) in [6, 6.07) is 13.0. The quantitative estimate of drug-likeness (QED) is 0.826. The topological polar surface area (TPSA) is 85.0 Å². The van der Waals surface area contributed by atoms with Crippen molar-refractivity contribution in [3.8, 4) is 5.75 Å². The molecular formula is C19H18FN3O3S. The summed E-state index contributed by atoms with van der Waals surface area (Å²) in [5, 5.41) is -0.138. The summed E-state index contributed by atoms with van der Waals surface area (Å²) in [4.78, 5) is 30.1. The van der Waals surface area contributed by atoms with Gasteiger partial charge in [-0.3, -0.25) is 14.5 Å². The summed E-state index contributed by atoms with van der Waals surface area (Å²) in [6.45, 7) is 0.233. The maximum absolute atomic E-state index is 13.1. The van der Waals surface area contributed by atoms with Crippen molar-refractivity contribution >= 4 is 34.4 Å². The number of hydrogen-bond acceptors (Lipinski definition) is 5. The van der Waals surface area contributed by atoms with Crippen molar-refractivity contribution in [2.45, 2.75) is 18.2 Å². The van der Waals surface area contributed by atoms with Gasteiger partial charge < -0.3 is 10.5 Å². The number of nitrogens with two attached hydrogens (primary N) is 1. The van der Waals surface area contributed by atoms with Crippen molar-refractivity contribution in [3.63, 3.8) is 0 Å². The Balaban J connectivity index is 1.88. The number of rotatable bonds is 6. The maximum Gasteiger partial charge on any atom is 0.242 e. The highest BCUT2D eigenvalue weighted by Gasteiger charge is 2.38. The lowest BCUT2D eigenvalue weighted by Gasteiger charge is -2.16. The van der Waals surface area contributed by atoms with E-state index in [4.69, 9.17) is 10.5 Å². The average molecular weight is 387 g/mol. The van der Waals surface area contributed by atoms with Gasteiger partial charge in [0.25, 0.3) is 0 Å². The zero-order valence-electron chi connectivity index (χ0n) is 14.6. The Bertz CT molecular complexity index is 869.